The van der Waals surface area contributed by atoms with Crippen LogP contribution in [0.2, 0.25) is 0 Å². The zero-order valence-corrected chi connectivity index (χ0v) is 15.0. The molecule has 4 rings (SSSR count). The summed E-state index contributed by atoms with van der Waals surface area (Å²) in [6.45, 7) is 0.0733. The van der Waals surface area contributed by atoms with Crippen LogP contribution in [0.4, 0.5) is 0 Å². The van der Waals surface area contributed by atoms with Gasteiger partial charge in [-0.15, -0.1) is 0 Å². The molecule has 4 nitrogen and oxygen atoms in total. The summed E-state index contributed by atoms with van der Waals surface area (Å²) in [5.41, 5.74) is 1.69. The zero-order chi connectivity index (χ0) is 17.3. The van der Waals surface area contributed by atoms with Gasteiger partial charge in [0.2, 0.25) is 0 Å². The van der Waals surface area contributed by atoms with E-state index in [1.165, 1.54) is 0 Å². The van der Waals surface area contributed by atoms with Crippen molar-refractivity contribution < 1.29 is 31.1 Å². The third-order valence-corrected chi connectivity index (χ3v) is 3.43. The minimum Gasteiger partial charge on any atom is -0.457 e. The minimum atomic E-state index is -0.368. The molecule has 2 aliphatic carbocycles. The van der Waals surface area contributed by atoms with E-state index in [4.69, 9.17) is 9.26 Å². The first-order valence-electron chi connectivity index (χ1n) is 7.89. The Kier molecular flexibility index (Phi) is 8.93. The Morgan fingerprint density at radius 2 is 1.54 bits per heavy atom. The average Bonchev–Trinajstić information content (AvgIpc) is 3.45. The monoisotopic (exact) mass is 387 g/mol. The first kappa shape index (κ1) is 20.7. The smallest absolute Gasteiger partial charge is 0.457 e. The number of hydrogen-bond acceptors (Lipinski definition) is 4. The van der Waals surface area contributed by atoms with E-state index >= 15 is 0 Å². The number of hydrogen-bond donors (Lipinski definition) is 0. The molecule has 11 radical (unpaired) electrons. The van der Waals surface area contributed by atoms with Crippen molar-refractivity contribution in [2.75, 3.05) is 0 Å². The molecule has 0 bridgehead atoms. The predicted octanol–water partition coefficient (Wildman–Crippen LogP) is 3.81. The molecule has 0 spiro atoms. The van der Waals surface area contributed by atoms with Crippen LogP contribution >= 0.6 is 0 Å². The maximum atomic E-state index is 11.7. The van der Waals surface area contributed by atoms with Crippen LogP contribution in [0.3, 0.4) is 0 Å². The molecule has 2 fully saturated rings. The van der Waals surface area contributed by atoms with Crippen LogP contribution in [0.5, 0.6) is 0 Å². The van der Waals surface area contributed by atoms with Crippen molar-refractivity contribution in [1.82, 2.24) is 5.16 Å². The van der Waals surface area contributed by atoms with Crippen molar-refractivity contribution >= 4 is 5.97 Å². The molecule has 1 aromatic carbocycles. The first-order chi connectivity index (χ1) is 12.3. The van der Waals surface area contributed by atoms with Crippen LogP contribution in [0.15, 0.2) is 40.9 Å². The van der Waals surface area contributed by atoms with Crippen LogP contribution < -0.4 is 0 Å². The van der Waals surface area contributed by atoms with Crippen molar-refractivity contribution in [3.05, 3.63) is 106 Å². The van der Waals surface area contributed by atoms with E-state index in [1.807, 2.05) is 62.4 Å². The summed E-state index contributed by atoms with van der Waals surface area (Å²) in [7, 11) is 0. The molecule has 129 valence electrons. The predicted molar refractivity (Wildman–Crippen MR) is 93.7 cm³/mol. The molecular formula is C21H17FeNO3+3. The van der Waals surface area contributed by atoms with E-state index < -0.39 is 0 Å². The molecule has 26 heavy (non-hydrogen) atoms. The fourth-order valence-corrected chi connectivity index (χ4v) is 2.18. The van der Waals surface area contributed by atoms with Gasteiger partial charge >= 0.3 is 23.0 Å². The van der Waals surface area contributed by atoms with E-state index in [0.29, 0.717) is 11.7 Å². The summed E-state index contributed by atoms with van der Waals surface area (Å²) in [4.78, 5) is 11.7. The number of carbonyl (C=O) groups is 1. The fourth-order valence-electron chi connectivity index (χ4n) is 2.18. The van der Waals surface area contributed by atoms with Crippen molar-refractivity contribution in [3.8, 4) is 11.3 Å². The second-order valence-electron chi connectivity index (χ2n) is 5.26. The molecule has 2 saturated carbocycles. The van der Waals surface area contributed by atoms with Gasteiger partial charge in [0.15, 0.2) is 12.4 Å². The second kappa shape index (κ2) is 11.2. The molecule has 0 unspecified atom stereocenters. The third kappa shape index (κ3) is 6.30. The van der Waals surface area contributed by atoms with Gasteiger partial charge in [-0.1, -0.05) is 35.5 Å². The van der Waals surface area contributed by atoms with Crippen molar-refractivity contribution in [1.29, 1.82) is 0 Å². The van der Waals surface area contributed by atoms with E-state index in [1.54, 1.807) is 31.7 Å². The van der Waals surface area contributed by atoms with Crippen LogP contribution in [-0.4, -0.2) is 11.1 Å². The average molecular weight is 387 g/mol. The number of carbonyl (C=O) groups excluding carboxylic acids is 1. The molecule has 1 aromatic heterocycles. The van der Waals surface area contributed by atoms with Crippen LogP contribution in [-0.2, 0) is 33.2 Å². The van der Waals surface area contributed by atoms with E-state index in [9.17, 15) is 4.79 Å². The molecule has 0 N–H and O–H groups in total. The molecule has 0 saturated heterocycles. The Hall–Kier alpha value is -1.58. The normalized spacial score (nSPS) is 16.5. The van der Waals surface area contributed by atoms with Gasteiger partial charge in [0, 0.05) is 11.6 Å². The third-order valence-electron chi connectivity index (χ3n) is 3.43. The summed E-state index contributed by atoms with van der Waals surface area (Å²) in [6.07, 6.45) is 17.0. The van der Waals surface area contributed by atoms with Gasteiger partial charge in [0.25, 0.3) is 0 Å². The first-order valence-corrected chi connectivity index (χ1v) is 7.89. The van der Waals surface area contributed by atoms with Crippen molar-refractivity contribution in [2.24, 2.45) is 0 Å². The van der Waals surface area contributed by atoms with Crippen molar-refractivity contribution in [2.45, 2.75) is 6.61 Å². The molecule has 0 aliphatic heterocycles. The van der Waals surface area contributed by atoms with Crippen LogP contribution in [0.25, 0.3) is 11.3 Å². The number of ether oxygens (including phenoxy) is 1. The summed E-state index contributed by atoms with van der Waals surface area (Å²) < 4.78 is 10.3. The maximum absolute atomic E-state index is 11.7. The molecule has 2 aliphatic rings. The largest absolute Gasteiger partial charge is 3.00 e. The molecule has 5 heteroatoms. The van der Waals surface area contributed by atoms with E-state index in [0.717, 1.165) is 11.3 Å². The number of aromatic nitrogens is 1. The van der Waals surface area contributed by atoms with Gasteiger partial charge in [0.1, 0.15) is 5.69 Å². The van der Waals surface area contributed by atoms with Gasteiger partial charge in [-0.3, -0.25) is 4.79 Å². The Morgan fingerprint density at radius 3 is 2.15 bits per heavy atom. The zero-order valence-electron chi connectivity index (χ0n) is 13.9. The molecular weight excluding hydrogens is 370 g/mol. The van der Waals surface area contributed by atoms with Gasteiger partial charge in [0.05, 0.1) is 5.92 Å². The summed E-state index contributed by atoms with van der Waals surface area (Å²) in [6, 6.07) is 11.5. The molecule has 0 atom stereocenters. The van der Waals surface area contributed by atoms with Gasteiger partial charge < -0.3 is 9.26 Å². The Morgan fingerprint density at radius 1 is 0.923 bits per heavy atom. The van der Waals surface area contributed by atoms with Crippen LogP contribution in [0, 0.1) is 63.7 Å². The Balaban J connectivity index is 0.000000351. The summed E-state index contributed by atoms with van der Waals surface area (Å²) >= 11 is 0. The fraction of sp³-hybridized carbons (Fsp3) is 0.0476. The minimum absolute atomic E-state index is 0. The van der Waals surface area contributed by atoms with E-state index in [-0.39, 0.29) is 29.6 Å². The van der Waals surface area contributed by atoms with Crippen LogP contribution in [0.1, 0.15) is 5.76 Å². The molecule has 0 amide bonds. The summed E-state index contributed by atoms with van der Waals surface area (Å²) in [5.74, 6) is 0.684. The van der Waals surface area contributed by atoms with Gasteiger partial charge in [-0.2, -0.15) is 0 Å². The van der Waals surface area contributed by atoms with Gasteiger partial charge in [-0.25, -0.2) is 0 Å². The summed E-state index contributed by atoms with van der Waals surface area (Å²) in [5, 5.41) is 3.96. The standard InChI is InChI=1S/C16H12NO3.C5H5.Fe/c18-16(13-8-4-5-9-13)19-11-14-10-15(17-20-14)12-6-2-1-3-7-12;1-2-4-5-3-1;/h1-10H,11H2;1-5H;/q;;+3. The molecule has 1 heterocycles. The maximum Gasteiger partial charge on any atom is 3.00 e. The number of esters is 1. The Bertz CT molecular complexity index is 639. The van der Waals surface area contributed by atoms with Crippen molar-refractivity contribution in [3.63, 3.8) is 0 Å². The number of rotatable bonds is 4. The SMILES string of the molecule is O=C(OCc1cc(-c2ccccc2)no1)[C]1[CH][CH][CH][CH]1.[CH]1[CH][CH][CH][CH]1.[Fe+3]. The second-order valence-corrected chi connectivity index (χ2v) is 5.26. The topological polar surface area (TPSA) is 52.3 Å². The van der Waals surface area contributed by atoms with E-state index in [2.05, 4.69) is 5.16 Å². The Labute approximate surface area is 166 Å². The molecule has 2 aromatic rings. The number of benzene rings is 1. The quantitative estimate of drug-likeness (QED) is 0.592. The number of nitrogens with zero attached hydrogens (tertiary/aromatic N) is 1. The van der Waals surface area contributed by atoms with Gasteiger partial charge in [-0.05, 0) is 57.8 Å².